The highest BCUT2D eigenvalue weighted by Crippen LogP contribution is 2.31. The number of hydrogen-bond donors (Lipinski definition) is 1. The van der Waals surface area contributed by atoms with Crippen LogP contribution >= 0.6 is 0 Å². The van der Waals surface area contributed by atoms with Crippen molar-refractivity contribution >= 4 is 29.2 Å². The fourth-order valence-corrected chi connectivity index (χ4v) is 3.12. The number of para-hydroxylation sites is 2. The monoisotopic (exact) mass is 366 g/mol. The molecule has 0 aromatic heterocycles. The first-order chi connectivity index (χ1) is 12.9. The van der Waals surface area contributed by atoms with E-state index in [2.05, 4.69) is 5.32 Å². The number of rotatable bonds is 3. The molecule has 1 heterocycles. The predicted octanol–water partition coefficient (Wildman–Crippen LogP) is 3.22. The molecule has 1 atom stereocenters. The van der Waals surface area contributed by atoms with Gasteiger partial charge in [0.1, 0.15) is 0 Å². The van der Waals surface area contributed by atoms with E-state index in [9.17, 15) is 14.4 Å². The van der Waals surface area contributed by atoms with Gasteiger partial charge >= 0.3 is 5.97 Å². The van der Waals surface area contributed by atoms with E-state index in [1.165, 1.54) is 4.90 Å². The van der Waals surface area contributed by atoms with Crippen LogP contribution in [0.15, 0.2) is 42.5 Å². The summed E-state index contributed by atoms with van der Waals surface area (Å²) in [7, 11) is 0. The van der Waals surface area contributed by atoms with E-state index in [0.717, 1.165) is 11.1 Å². The average molecular weight is 366 g/mol. The summed E-state index contributed by atoms with van der Waals surface area (Å²) in [5.74, 6) is -1.07. The highest BCUT2D eigenvalue weighted by atomic mass is 16.5. The molecule has 1 aliphatic rings. The SMILES string of the molecule is Cc1ccc(C(=O)OCC(=O)N2c3ccccc3NC(=O)C[C@H]2C)cc1C. The number of amides is 2. The van der Waals surface area contributed by atoms with E-state index < -0.39 is 12.6 Å². The third-order valence-electron chi connectivity index (χ3n) is 4.70. The van der Waals surface area contributed by atoms with E-state index >= 15 is 0 Å². The Kier molecular flexibility index (Phi) is 5.26. The van der Waals surface area contributed by atoms with Gasteiger partial charge in [-0.25, -0.2) is 4.79 Å². The second-order valence-electron chi connectivity index (χ2n) is 6.76. The maximum Gasteiger partial charge on any atom is 0.338 e. The van der Waals surface area contributed by atoms with Crippen LogP contribution < -0.4 is 10.2 Å². The van der Waals surface area contributed by atoms with E-state index in [1.54, 1.807) is 43.3 Å². The standard InChI is InChI=1S/C21H22N2O4/c1-13-8-9-16(10-14(13)2)21(26)27-12-20(25)23-15(3)11-19(24)22-17-6-4-5-7-18(17)23/h4-10,15H,11-12H2,1-3H3,(H,22,24)/t15-/m1/s1. The number of aryl methyl sites for hydroxylation is 2. The molecule has 2 aromatic rings. The van der Waals surface area contributed by atoms with Crippen LogP contribution in [0.5, 0.6) is 0 Å². The number of fused-ring (bicyclic) bond motifs is 1. The Morgan fingerprint density at radius 3 is 2.63 bits per heavy atom. The summed E-state index contributed by atoms with van der Waals surface area (Å²) in [6, 6.07) is 12.0. The zero-order valence-corrected chi connectivity index (χ0v) is 15.6. The maximum absolute atomic E-state index is 12.8. The molecule has 0 saturated carbocycles. The lowest BCUT2D eigenvalue weighted by Crippen LogP contribution is -2.41. The fourth-order valence-electron chi connectivity index (χ4n) is 3.12. The Hall–Kier alpha value is -3.15. The molecule has 0 aliphatic carbocycles. The molecule has 3 rings (SSSR count). The molecule has 6 nitrogen and oxygen atoms in total. The Morgan fingerprint density at radius 2 is 1.89 bits per heavy atom. The summed E-state index contributed by atoms with van der Waals surface area (Å²) in [4.78, 5) is 38.6. The van der Waals surface area contributed by atoms with Crippen molar-refractivity contribution in [3.63, 3.8) is 0 Å². The quantitative estimate of drug-likeness (QED) is 0.847. The highest BCUT2D eigenvalue weighted by molar-refractivity contribution is 6.05. The topological polar surface area (TPSA) is 75.7 Å². The summed E-state index contributed by atoms with van der Waals surface area (Å²) in [6.07, 6.45) is 0.172. The molecule has 27 heavy (non-hydrogen) atoms. The van der Waals surface area contributed by atoms with Gasteiger partial charge in [0.2, 0.25) is 5.91 Å². The van der Waals surface area contributed by atoms with Crippen LogP contribution in [0.25, 0.3) is 0 Å². The second-order valence-corrected chi connectivity index (χ2v) is 6.76. The van der Waals surface area contributed by atoms with Crippen molar-refractivity contribution < 1.29 is 19.1 Å². The van der Waals surface area contributed by atoms with Crippen molar-refractivity contribution in [2.45, 2.75) is 33.2 Å². The molecule has 6 heteroatoms. The third-order valence-corrected chi connectivity index (χ3v) is 4.70. The van der Waals surface area contributed by atoms with Crippen molar-refractivity contribution in [2.24, 2.45) is 0 Å². The Morgan fingerprint density at radius 1 is 1.15 bits per heavy atom. The normalized spacial score (nSPS) is 16.2. The predicted molar refractivity (Wildman–Crippen MR) is 103 cm³/mol. The molecule has 0 radical (unpaired) electrons. The molecular weight excluding hydrogens is 344 g/mol. The van der Waals surface area contributed by atoms with Crippen molar-refractivity contribution in [2.75, 3.05) is 16.8 Å². The average Bonchev–Trinajstić information content (AvgIpc) is 2.76. The van der Waals surface area contributed by atoms with Gasteiger partial charge in [-0.1, -0.05) is 18.2 Å². The number of nitrogens with one attached hydrogen (secondary N) is 1. The Bertz CT molecular complexity index is 907. The van der Waals surface area contributed by atoms with Gasteiger partial charge in [-0.05, 0) is 56.2 Å². The number of carbonyl (C=O) groups is 3. The van der Waals surface area contributed by atoms with Crippen LogP contribution in [0.2, 0.25) is 0 Å². The van der Waals surface area contributed by atoms with Gasteiger partial charge in [0.15, 0.2) is 6.61 Å². The molecule has 2 amide bonds. The minimum atomic E-state index is -0.545. The second kappa shape index (κ2) is 7.61. The lowest BCUT2D eigenvalue weighted by atomic mass is 10.1. The van der Waals surface area contributed by atoms with E-state index in [1.807, 2.05) is 19.9 Å². The number of ether oxygens (including phenoxy) is 1. The smallest absolute Gasteiger partial charge is 0.338 e. The lowest BCUT2D eigenvalue weighted by molar-refractivity contribution is -0.122. The number of esters is 1. The van der Waals surface area contributed by atoms with Crippen LogP contribution in [0.3, 0.4) is 0 Å². The van der Waals surface area contributed by atoms with Crippen LogP contribution in [0, 0.1) is 13.8 Å². The molecule has 0 fully saturated rings. The fraction of sp³-hybridized carbons (Fsp3) is 0.286. The summed E-state index contributed by atoms with van der Waals surface area (Å²) >= 11 is 0. The van der Waals surface area contributed by atoms with Gasteiger partial charge in [-0.15, -0.1) is 0 Å². The minimum Gasteiger partial charge on any atom is -0.452 e. The van der Waals surface area contributed by atoms with Gasteiger partial charge in [0.05, 0.1) is 16.9 Å². The summed E-state index contributed by atoms with van der Waals surface area (Å²) < 4.78 is 5.23. The van der Waals surface area contributed by atoms with Gasteiger partial charge in [-0.3, -0.25) is 9.59 Å². The molecular formula is C21H22N2O4. The van der Waals surface area contributed by atoms with Crippen molar-refractivity contribution in [1.82, 2.24) is 0 Å². The molecule has 140 valence electrons. The number of carbonyl (C=O) groups excluding carboxylic acids is 3. The van der Waals surface area contributed by atoms with Crippen molar-refractivity contribution in [1.29, 1.82) is 0 Å². The largest absolute Gasteiger partial charge is 0.452 e. The molecule has 0 saturated heterocycles. The van der Waals surface area contributed by atoms with E-state index in [4.69, 9.17) is 4.74 Å². The maximum atomic E-state index is 12.8. The number of benzene rings is 2. The summed E-state index contributed by atoms with van der Waals surface area (Å²) in [5, 5.41) is 2.80. The van der Waals surface area contributed by atoms with E-state index in [0.29, 0.717) is 16.9 Å². The van der Waals surface area contributed by atoms with Crippen LogP contribution in [0.4, 0.5) is 11.4 Å². The number of hydrogen-bond acceptors (Lipinski definition) is 4. The van der Waals surface area contributed by atoms with Crippen LogP contribution in [-0.2, 0) is 14.3 Å². The first kappa shape index (κ1) is 18.6. The molecule has 1 N–H and O–H groups in total. The van der Waals surface area contributed by atoms with Gasteiger partial charge in [0, 0.05) is 12.5 Å². The molecule has 1 aliphatic heterocycles. The molecule has 0 spiro atoms. The van der Waals surface area contributed by atoms with E-state index in [-0.39, 0.29) is 24.3 Å². The number of anilines is 2. The van der Waals surface area contributed by atoms with Gasteiger partial charge < -0.3 is 15.0 Å². The first-order valence-corrected chi connectivity index (χ1v) is 8.82. The molecule has 0 unspecified atom stereocenters. The minimum absolute atomic E-state index is 0.155. The summed E-state index contributed by atoms with van der Waals surface area (Å²) in [5.41, 5.74) is 3.64. The zero-order chi connectivity index (χ0) is 19.6. The van der Waals surface area contributed by atoms with Crippen LogP contribution in [-0.4, -0.2) is 30.4 Å². The third kappa shape index (κ3) is 4.00. The highest BCUT2D eigenvalue weighted by Gasteiger charge is 2.30. The lowest BCUT2D eigenvalue weighted by Gasteiger charge is -2.27. The number of nitrogens with zero attached hydrogens (tertiary/aromatic N) is 1. The molecule has 0 bridgehead atoms. The molecule has 2 aromatic carbocycles. The summed E-state index contributed by atoms with van der Waals surface area (Å²) in [6.45, 7) is 5.28. The zero-order valence-electron chi connectivity index (χ0n) is 15.6. The van der Waals surface area contributed by atoms with Crippen molar-refractivity contribution in [3.8, 4) is 0 Å². The first-order valence-electron chi connectivity index (χ1n) is 8.82. The van der Waals surface area contributed by atoms with Gasteiger partial charge in [0.25, 0.3) is 5.91 Å². The van der Waals surface area contributed by atoms with Crippen molar-refractivity contribution in [3.05, 3.63) is 59.2 Å². The Labute approximate surface area is 158 Å². The Balaban J connectivity index is 1.76. The van der Waals surface area contributed by atoms with Gasteiger partial charge in [-0.2, -0.15) is 0 Å². The van der Waals surface area contributed by atoms with Crippen LogP contribution in [0.1, 0.15) is 34.8 Å².